The number of urea groups is 1. The third kappa shape index (κ3) is 5.50. The molecule has 0 aromatic heterocycles. The summed E-state index contributed by atoms with van der Waals surface area (Å²) >= 11 is 5.99. The van der Waals surface area contributed by atoms with E-state index in [-0.39, 0.29) is 17.2 Å². The van der Waals surface area contributed by atoms with E-state index in [0.29, 0.717) is 22.7 Å². The van der Waals surface area contributed by atoms with Crippen LogP contribution in [0.15, 0.2) is 66.7 Å². The molecule has 7 nitrogen and oxygen atoms in total. The van der Waals surface area contributed by atoms with E-state index in [1.807, 2.05) is 6.07 Å². The van der Waals surface area contributed by atoms with Gasteiger partial charge in [-0.15, -0.1) is 0 Å². The summed E-state index contributed by atoms with van der Waals surface area (Å²) in [6.07, 6.45) is 0. The second-order valence-corrected chi connectivity index (χ2v) is 6.67. The van der Waals surface area contributed by atoms with E-state index >= 15 is 0 Å². The number of ether oxygens (including phenoxy) is 1. The van der Waals surface area contributed by atoms with Gasteiger partial charge in [0, 0.05) is 17.4 Å². The molecule has 0 saturated carbocycles. The Bertz CT molecular complexity index is 1140. The first-order valence-corrected chi connectivity index (χ1v) is 9.21. The quantitative estimate of drug-likeness (QED) is 0.542. The van der Waals surface area contributed by atoms with Crippen molar-refractivity contribution in [1.29, 1.82) is 5.26 Å². The van der Waals surface area contributed by atoms with Gasteiger partial charge in [-0.2, -0.15) is 5.26 Å². The molecule has 0 bridgehead atoms. The van der Waals surface area contributed by atoms with Gasteiger partial charge in [0.05, 0.1) is 22.2 Å². The number of halogens is 1. The second-order valence-electron chi connectivity index (χ2n) is 6.27. The maximum absolute atomic E-state index is 12.2. The first-order chi connectivity index (χ1) is 14.4. The molecule has 3 aromatic rings. The molecule has 0 heterocycles. The second kappa shape index (κ2) is 9.45. The Kier molecular flexibility index (Phi) is 6.53. The van der Waals surface area contributed by atoms with Crippen LogP contribution >= 0.6 is 11.6 Å². The maximum atomic E-state index is 12.2. The van der Waals surface area contributed by atoms with E-state index in [4.69, 9.17) is 27.3 Å². The van der Waals surface area contributed by atoms with Crippen molar-refractivity contribution < 1.29 is 14.3 Å². The van der Waals surface area contributed by atoms with Gasteiger partial charge in [0.15, 0.2) is 0 Å². The van der Waals surface area contributed by atoms with Gasteiger partial charge in [0.25, 0.3) is 0 Å². The van der Waals surface area contributed by atoms with Crippen LogP contribution < -0.4 is 21.1 Å². The van der Waals surface area contributed by atoms with Gasteiger partial charge in [-0.1, -0.05) is 29.8 Å². The van der Waals surface area contributed by atoms with Crippen molar-refractivity contribution in [1.82, 2.24) is 0 Å². The molecule has 150 valence electrons. The minimum Gasteiger partial charge on any atom is -0.489 e. The monoisotopic (exact) mass is 420 g/mol. The van der Waals surface area contributed by atoms with Crippen LogP contribution in [0.25, 0.3) is 0 Å². The summed E-state index contributed by atoms with van der Waals surface area (Å²) in [7, 11) is 0. The van der Waals surface area contributed by atoms with Crippen molar-refractivity contribution in [3.63, 3.8) is 0 Å². The lowest BCUT2D eigenvalue weighted by Crippen LogP contribution is -2.19. The SMILES string of the molecule is N#Cc1cccc(COc2cccc(NC(=O)Nc3ccc(C(N)=O)c(Cl)c3)c2)c1. The Morgan fingerprint density at radius 1 is 1.00 bits per heavy atom. The molecule has 0 radical (unpaired) electrons. The molecular weight excluding hydrogens is 404 g/mol. The lowest BCUT2D eigenvalue weighted by molar-refractivity contribution is 0.100. The number of amides is 3. The van der Waals surface area contributed by atoms with Crippen LogP contribution in [0.4, 0.5) is 16.2 Å². The van der Waals surface area contributed by atoms with Crippen LogP contribution in [0, 0.1) is 11.3 Å². The summed E-state index contributed by atoms with van der Waals surface area (Å²) in [4.78, 5) is 23.5. The first-order valence-electron chi connectivity index (χ1n) is 8.84. The van der Waals surface area contributed by atoms with Crippen molar-refractivity contribution in [2.24, 2.45) is 5.73 Å². The summed E-state index contributed by atoms with van der Waals surface area (Å²) in [5.41, 5.74) is 7.74. The van der Waals surface area contributed by atoms with Crippen LogP contribution in [0.3, 0.4) is 0 Å². The van der Waals surface area contributed by atoms with Gasteiger partial charge in [-0.3, -0.25) is 4.79 Å². The van der Waals surface area contributed by atoms with E-state index in [1.54, 1.807) is 42.5 Å². The third-order valence-electron chi connectivity index (χ3n) is 4.05. The van der Waals surface area contributed by atoms with Gasteiger partial charge in [0.2, 0.25) is 5.91 Å². The molecule has 0 aliphatic rings. The first kappa shape index (κ1) is 20.7. The van der Waals surface area contributed by atoms with E-state index in [2.05, 4.69) is 16.7 Å². The highest BCUT2D eigenvalue weighted by atomic mass is 35.5. The zero-order chi connectivity index (χ0) is 21.5. The standard InChI is InChI=1S/C22H17ClN4O3/c23-20-11-17(7-8-19(20)21(25)28)27-22(29)26-16-5-2-6-18(10-16)30-13-15-4-1-3-14(9-15)12-24/h1-11H,13H2,(H2,25,28)(H2,26,27,29). The van der Waals surface area contributed by atoms with Gasteiger partial charge < -0.3 is 21.1 Å². The van der Waals surface area contributed by atoms with Crippen molar-refractivity contribution >= 4 is 34.9 Å². The summed E-state index contributed by atoms with van der Waals surface area (Å²) in [6, 6.07) is 20.0. The van der Waals surface area contributed by atoms with E-state index in [9.17, 15) is 9.59 Å². The molecule has 0 unspecified atom stereocenters. The zero-order valence-corrected chi connectivity index (χ0v) is 16.4. The van der Waals surface area contributed by atoms with Gasteiger partial charge >= 0.3 is 6.03 Å². The molecule has 3 aromatic carbocycles. The Morgan fingerprint density at radius 2 is 1.73 bits per heavy atom. The van der Waals surface area contributed by atoms with Crippen LogP contribution in [0.2, 0.25) is 5.02 Å². The fourth-order valence-electron chi connectivity index (χ4n) is 2.65. The summed E-state index contributed by atoms with van der Waals surface area (Å²) < 4.78 is 5.74. The number of benzene rings is 3. The smallest absolute Gasteiger partial charge is 0.323 e. The topological polar surface area (TPSA) is 117 Å². The Balaban J connectivity index is 1.60. The zero-order valence-electron chi connectivity index (χ0n) is 15.7. The molecule has 0 saturated heterocycles. The van der Waals surface area contributed by atoms with Crippen LogP contribution in [0.5, 0.6) is 5.75 Å². The van der Waals surface area contributed by atoms with Crippen molar-refractivity contribution in [2.45, 2.75) is 6.61 Å². The molecule has 0 aliphatic carbocycles. The Hall–Kier alpha value is -4.02. The molecule has 0 spiro atoms. The van der Waals surface area contributed by atoms with Crippen molar-refractivity contribution in [2.75, 3.05) is 10.6 Å². The highest BCUT2D eigenvalue weighted by Gasteiger charge is 2.09. The summed E-state index contributed by atoms with van der Waals surface area (Å²) in [5, 5.41) is 14.4. The Labute approximate surface area is 178 Å². The number of primary amides is 1. The molecule has 8 heteroatoms. The van der Waals surface area contributed by atoms with Crippen molar-refractivity contribution in [3.05, 3.63) is 88.4 Å². The minimum absolute atomic E-state index is 0.149. The third-order valence-corrected chi connectivity index (χ3v) is 4.36. The number of nitriles is 1. The number of rotatable bonds is 6. The number of hydrogen-bond acceptors (Lipinski definition) is 4. The van der Waals surface area contributed by atoms with E-state index < -0.39 is 11.9 Å². The number of carbonyl (C=O) groups excluding carboxylic acids is 2. The van der Waals surface area contributed by atoms with Crippen LogP contribution in [-0.2, 0) is 6.61 Å². The number of carbonyl (C=O) groups is 2. The number of hydrogen-bond donors (Lipinski definition) is 3. The predicted octanol–water partition coefficient (Wildman–Crippen LogP) is 4.53. The highest BCUT2D eigenvalue weighted by Crippen LogP contribution is 2.22. The fraction of sp³-hybridized carbons (Fsp3) is 0.0455. The van der Waals surface area contributed by atoms with E-state index in [1.165, 1.54) is 18.2 Å². The lowest BCUT2D eigenvalue weighted by Gasteiger charge is -2.11. The van der Waals surface area contributed by atoms with Gasteiger partial charge in [-0.05, 0) is 48.0 Å². The maximum Gasteiger partial charge on any atom is 0.323 e. The van der Waals surface area contributed by atoms with Gasteiger partial charge in [-0.25, -0.2) is 4.79 Å². The average Bonchev–Trinajstić information content (AvgIpc) is 2.72. The molecule has 3 amide bonds. The number of anilines is 2. The predicted molar refractivity (Wildman–Crippen MR) is 115 cm³/mol. The molecule has 30 heavy (non-hydrogen) atoms. The number of nitrogens with zero attached hydrogens (tertiary/aromatic N) is 1. The number of nitrogens with one attached hydrogen (secondary N) is 2. The minimum atomic E-state index is -0.646. The Morgan fingerprint density at radius 3 is 2.43 bits per heavy atom. The van der Waals surface area contributed by atoms with Crippen molar-refractivity contribution in [3.8, 4) is 11.8 Å². The number of nitrogens with two attached hydrogens (primary N) is 1. The molecule has 0 aliphatic heterocycles. The van der Waals surface area contributed by atoms with Gasteiger partial charge in [0.1, 0.15) is 12.4 Å². The fourth-order valence-corrected chi connectivity index (χ4v) is 2.92. The summed E-state index contributed by atoms with van der Waals surface area (Å²) in [6.45, 7) is 0.288. The molecule has 0 fully saturated rings. The normalized spacial score (nSPS) is 10.0. The summed E-state index contributed by atoms with van der Waals surface area (Å²) in [5.74, 6) is -0.0869. The molecule has 3 rings (SSSR count). The molecule has 4 N–H and O–H groups in total. The molecular formula is C22H17ClN4O3. The van der Waals surface area contributed by atoms with Crippen LogP contribution in [-0.4, -0.2) is 11.9 Å². The lowest BCUT2D eigenvalue weighted by atomic mass is 10.1. The highest BCUT2D eigenvalue weighted by molar-refractivity contribution is 6.34. The molecule has 0 atom stereocenters. The van der Waals surface area contributed by atoms with Crippen LogP contribution in [0.1, 0.15) is 21.5 Å². The van der Waals surface area contributed by atoms with E-state index in [0.717, 1.165) is 5.56 Å². The average molecular weight is 421 g/mol. The largest absolute Gasteiger partial charge is 0.489 e.